The van der Waals surface area contributed by atoms with Crippen molar-refractivity contribution in [2.75, 3.05) is 26.2 Å². The summed E-state index contributed by atoms with van der Waals surface area (Å²) in [5.41, 5.74) is 6.54. The van der Waals surface area contributed by atoms with Gasteiger partial charge in [0.2, 0.25) is 0 Å². The highest BCUT2D eigenvalue weighted by atomic mass is 32.1. The van der Waals surface area contributed by atoms with Crippen LogP contribution < -0.4 is 10.5 Å². The molecule has 1 aromatic carbocycles. The van der Waals surface area contributed by atoms with Gasteiger partial charge in [-0.05, 0) is 43.9 Å². The summed E-state index contributed by atoms with van der Waals surface area (Å²) in [4.78, 5) is 2.95. The third-order valence-electron chi connectivity index (χ3n) is 4.10. The third-order valence-corrected chi connectivity index (χ3v) is 4.32. The highest BCUT2D eigenvalue weighted by Crippen LogP contribution is 2.21. The Morgan fingerprint density at radius 2 is 2.24 bits per heavy atom. The topological polar surface area (TPSA) is 38.5 Å². The average Bonchev–Trinajstić information content (AvgIpc) is 2.92. The molecule has 1 fully saturated rings. The standard InChI is InChI=1S/C17H26N2OS/c1-2-6-14-9-11-19(13-14)10-5-12-20-16-8-4-3-7-15(16)17(18)21/h3-4,7-8,14H,2,5-6,9-13H2,1H3,(H2,18,21). The first-order chi connectivity index (χ1) is 10.2. The first-order valence-electron chi connectivity index (χ1n) is 7.94. The minimum atomic E-state index is 0.396. The van der Waals surface area contributed by atoms with E-state index in [1.807, 2.05) is 24.3 Å². The normalized spacial score (nSPS) is 18.8. The summed E-state index contributed by atoms with van der Waals surface area (Å²) in [7, 11) is 0. The molecule has 0 aliphatic carbocycles. The molecule has 1 aliphatic heterocycles. The number of hydrogen-bond donors (Lipinski definition) is 1. The van der Waals surface area contributed by atoms with E-state index < -0.39 is 0 Å². The van der Waals surface area contributed by atoms with Gasteiger partial charge in [-0.15, -0.1) is 0 Å². The fraction of sp³-hybridized carbons (Fsp3) is 0.588. The van der Waals surface area contributed by atoms with Gasteiger partial charge >= 0.3 is 0 Å². The zero-order chi connectivity index (χ0) is 15.1. The van der Waals surface area contributed by atoms with E-state index in [1.165, 1.54) is 32.4 Å². The van der Waals surface area contributed by atoms with Crippen molar-refractivity contribution < 1.29 is 4.74 Å². The molecule has 1 saturated heterocycles. The predicted molar refractivity (Wildman–Crippen MR) is 91.9 cm³/mol. The number of ether oxygens (including phenoxy) is 1. The summed E-state index contributed by atoms with van der Waals surface area (Å²) >= 11 is 5.04. The smallest absolute Gasteiger partial charge is 0.129 e. The Kier molecular flexibility index (Phi) is 6.46. The van der Waals surface area contributed by atoms with Gasteiger partial charge in [-0.2, -0.15) is 0 Å². The van der Waals surface area contributed by atoms with E-state index in [4.69, 9.17) is 22.7 Å². The number of para-hydroxylation sites is 1. The fourth-order valence-corrected chi connectivity index (χ4v) is 3.19. The van der Waals surface area contributed by atoms with Gasteiger partial charge in [-0.3, -0.25) is 0 Å². The highest BCUT2D eigenvalue weighted by molar-refractivity contribution is 7.80. The van der Waals surface area contributed by atoms with Crippen LogP contribution in [0.5, 0.6) is 5.75 Å². The number of benzene rings is 1. The summed E-state index contributed by atoms with van der Waals surface area (Å²) in [6.07, 6.45) is 5.08. The monoisotopic (exact) mass is 306 g/mol. The van der Waals surface area contributed by atoms with Gasteiger partial charge < -0.3 is 15.4 Å². The van der Waals surface area contributed by atoms with E-state index in [0.717, 1.165) is 30.2 Å². The quantitative estimate of drug-likeness (QED) is 0.591. The van der Waals surface area contributed by atoms with Crippen molar-refractivity contribution in [2.24, 2.45) is 11.7 Å². The van der Waals surface area contributed by atoms with Crippen molar-refractivity contribution in [2.45, 2.75) is 32.6 Å². The Balaban J connectivity index is 1.70. The van der Waals surface area contributed by atoms with Crippen LogP contribution in [0, 0.1) is 5.92 Å². The van der Waals surface area contributed by atoms with E-state index in [0.29, 0.717) is 11.6 Å². The lowest BCUT2D eigenvalue weighted by Crippen LogP contribution is -2.23. The molecular weight excluding hydrogens is 280 g/mol. The molecule has 0 saturated carbocycles. The molecule has 0 radical (unpaired) electrons. The minimum Gasteiger partial charge on any atom is -0.493 e. The van der Waals surface area contributed by atoms with Crippen LogP contribution in [0.1, 0.15) is 38.2 Å². The van der Waals surface area contributed by atoms with Crippen molar-refractivity contribution >= 4 is 17.2 Å². The van der Waals surface area contributed by atoms with E-state index in [9.17, 15) is 0 Å². The second-order valence-electron chi connectivity index (χ2n) is 5.81. The van der Waals surface area contributed by atoms with Gasteiger partial charge in [0.05, 0.1) is 12.2 Å². The maximum atomic E-state index is 5.84. The van der Waals surface area contributed by atoms with Gasteiger partial charge in [-0.1, -0.05) is 37.7 Å². The van der Waals surface area contributed by atoms with Crippen LogP contribution in [0.3, 0.4) is 0 Å². The van der Waals surface area contributed by atoms with E-state index in [2.05, 4.69) is 11.8 Å². The van der Waals surface area contributed by atoms with Crippen LogP contribution in [0.15, 0.2) is 24.3 Å². The third kappa shape index (κ3) is 4.97. The molecule has 2 rings (SSSR count). The summed E-state index contributed by atoms with van der Waals surface area (Å²) in [6.45, 7) is 6.62. The van der Waals surface area contributed by atoms with Crippen molar-refractivity contribution in [3.8, 4) is 5.75 Å². The van der Waals surface area contributed by atoms with E-state index >= 15 is 0 Å². The Morgan fingerprint density at radius 3 is 3.00 bits per heavy atom. The molecule has 1 aromatic rings. The number of thiocarbonyl (C=S) groups is 1. The number of hydrogen-bond acceptors (Lipinski definition) is 3. The van der Waals surface area contributed by atoms with Crippen molar-refractivity contribution in [3.05, 3.63) is 29.8 Å². The van der Waals surface area contributed by atoms with Gasteiger partial charge in [0.1, 0.15) is 10.7 Å². The molecule has 0 amide bonds. The van der Waals surface area contributed by atoms with Gasteiger partial charge in [0.25, 0.3) is 0 Å². The van der Waals surface area contributed by atoms with Gasteiger partial charge in [0, 0.05) is 13.1 Å². The minimum absolute atomic E-state index is 0.396. The predicted octanol–water partition coefficient (Wildman–Crippen LogP) is 3.21. The van der Waals surface area contributed by atoms with Crippen molar-refractivity contribution in [1.82, 2.24) is 4.90 Å². The molecule has 116 valence electrons. The maximum absolute atomic E-state index is 5.84. The molecule has 1 aliphatic rings. The molecule has 0 bridgehead atoms. The zero-order valence-electron chi connectivity index (χ0n) is 12.9. The lowest BCUT2D eigenvalue weighted by Gasteiger charge is -2.16. The van der Waals surface area contributed by atoms with Crippen LogP contribution in [-0.4, -0.2) is 36.1 Å². The first-order valence-corrected chi connectivity index (χ1v) is 8.35. The first kappa shape index (κ1) is 16.2. The summed E-state index contributed by atoms with van der Waals surface area (Å²) in [5, 5.41) is 0. The van der Waals surface area contributed by atoms with Crippen molar-refractivity contribution in [3.63, 3.8) is 0 Å². The summed E-state index contributed by atoms with van der Waals surface area (Å²) in [6, 6.07) is 7.72. The summed E-state index contributed by atoms with van der Waals surface area (Å²) in [5.74, 6) is 1.71. The molecule has 0 aromatic heterocycles. The number of rotatable bonds is 8. The lowest BCUT2D eigenvalue weighted by atomic mass is 10.0. The molecule has 3 nitrogen and oxygen atoms in total. The molecule has 4 heteroatoms. The molecule has 0 spiro atoms. The van der Waals surface area contributed by atoms with Crippen LogP contribution in [0.2, 0.25) is 0 Å². The van der Waals surface area contributed by atoms with Crippen LogP contribution in [-0.2, 0) is 0 Å². The highest BCUT2D eigenvalue weighted by Gasteiger charge is 2.20. The van der Waals surface area contributed by atoms with E-state index in [1.54, 1.807) is 0 Å². The fourth-order valence-electron chi connectivity index (χ4n) is 3.03. The number of nitrogens with two attached hydrogens (primary N) is 1. The van der Waals surface area contributed by atoms with Crippen molar-refractivity contribution in [1.29, 1.82) is 0 Å². The molecule has 1 heterocycles. The number of nitrogens with zero attached hydrogens (tertiary/aromatic N) is 1. The van der Waals surface area contributed by atoms with Crippen LogP contribution in [0.25, 0.3) is 0 Å². The second-order valence-corrected chi connectivity index (χ2v) is 6.25. The van der Waals surface area contributed by atoms with E-state index in [-0.39, 0.29) is 0 Å². The number of likely N-dealkylation sites (tertiary alicyclic amines) is 1. The zero-order valence-corrected chi connectivity index (χ0v) is 13.7. The van der Waals surface area contributed by atoms with Crippen LogP contribution in [0.4, 0.5) is 0 Å². The Bertz CT molecular complexity index is 464. The SMILES string of the molecule is CCCC1CCN(CCCOc2ccccc2C(N)=S)C1. The summed E-state index contributed by atoms with van der Waals surface area (Å²) < 4.78 is 5.84. The largest absolute Gasteiger partial charge is 0.493 e. The maximum Gasteiger partial charge on any atom is 0.129 e. The van der Waals surface area contributed by atoms with Crippen LogP contribution >= 0.6 is 12.2 Å². The van der Waals surface area contributed by atoms with Gasteiger partial charge in [0.15, 0.2) is 0 Å². The second kappa shape index (κ2) is 8.35. The van der Waals surface area contributed by atoms with Gasteiger partial charge in [-0.25, -0.2) is 0 Å². The lowest BCUT2D eigenvalue weighted by molar-refractivity contribution is 0.257. The Morgan fingerprint density at radius 1 is 1.43 bits per heavy atom. The average molecular weight is 306 g/mol. The molecular formula is C17H26N2OS. The molecule has 2 N–H and O–H groups in total. The molecule has 1 unspecified atom stereocenters. The Labute approximate surface area is 133 Å². The molecule has 1 atom stereocenters. The Hall–Kier alpha value is -1.13. The molecule has 21 heavy (non-hydrogen) atoms.